The molecule has 0 spiro atoms. The van der Waals surface area contributed by atoms with Crippen LogP contribution < -0.4 is 5.32 Å². The molecule has 6 heteroatoms. The number of carbonyl (C=O) groups is 1. The minimum absolute atomic E-state index is 0.126. The molecule has 6 nitrogen and oxygen atoms in total. The number of aromatic nitrogens is 3. The van der Waals surface area contributed by atoms with Gasteiger partial charge in [0.2, 0.25) is 0 Å². The second kappa shape index (κ2) is 7.40. The monoisotopic (exact) mass is 274 g/mol. The Morgan fingerprint density at radius 1 is 1.30 bits per heavy atom. The van der Waals surface area contributed by atoms with Crippen LogP contribution in [0, 0.1) is 0 Å². The summed E-state index contributed by atoms with van der Waals surface area (Å²) in [6, 6.07) is 3.52. The molecule has 2 heterocycles. The van der Waals surface area contributed by atoms with Crippen molar-refractivity contribution in [3.05, 3.63) is 42.6 Å². The van der Waals surface area contributed by atoms with Gasteiger partial charge in [-0.3, -0.25) is 9.36 Å². The Morgan fingerprint density at radius 3 is 2.85 bits per heavy atom. The standard InChI is InChI=1S/C14H18N4O2/c19-9-3-1-2-6-16-14(20)12-4-5-13(17-10-12)18-8-7-15-11-18/h4-5,7-8,10-11,19H,1-3,6,9H2,(H,16,20). The van der Waals surface area contributed by atoms with E-state index in [1.165, 1.54) is 0 Å². The minimum Gasteiger partial charge on any atom is -0.396 e. The van der Waals surface area contributed by atoms with Crippen LogP contribution in [0.4, 0.5) is 0 Å². The molecule has 0 aliphatic rings. The number of carbonyl (C=O) groups excluding carboxylic acids is 1. The number of nitrogens with zero attached hydrogens (tertiary/aromatic N) is 3. The van der Waals surface area contributed by atoms with Crippen molar-refractivity contribution < 1.29 is 9.90 Å². The fraction of sp³-hybridized carbons (Fsp3) is 0.357. The molecule has 0 aromatic carbocycles. The molecule has 0 bridgehead atoms. The number of hydrogen-bond donors (Lipinski definition) is 2. The normalized spacial score (nSPS) is 10.4. The molecule has 2 N–H and O–H groups in total. The Labute approximate surface area is 117 Å². The fourth-order valence-electron chi connectivity index (χ4n) is 1.79. The zero-order valence-corrected chi connectivity index (χ0v) is 11.2. The topological polar surface area (TPSA) is 80.0 Å². The molecule has 2 aromatic rings. The Kier molecular flexibility index (Phi) is 5.25. The van der Waals surface area contributed by atoms with Crippen LogP contribution in [-0.2, 0) is 0 Å². The molecule has 0 unspecified atom stereocenters. The molecular formula is C14H18N4O2. The van der Waals surface area contributed by atoms with Gasteiger partial charge >= 0.3 is 0 Å². The SMILES string of the molecule is O=C(NCCCCCO)c1ccc(-n2ccnc2)nc1. The smallest absolute Gasteiger partial charge is 0.252 e. The predicted octanol–water partition coefficient (Wildman–Crippen LogP) is 1.16. The number of imidazole rings is 1. The highest BCUT2D eigenvalue weighted by atomic mass is 16.2. The van der Waals surface area contributed by atoms with Gasteiger partial charge in [0.05, 0.1) is 5.56 Å². The van der Waals surface area contributed by atoms with Gasteiger partial charge in [-0.1, -0.05) is 0 Å². The van der Waals surface area contributed by atoms with Gasteiger partial charge in [0.25, 0.3) is 5.91 Å². The highest BCUT2D eigenvalue weighted by Crippen LogP contribution is 2.05. The van der Waals surface area contributed by atoms with Gasteiger partial charge in [-0.05, 0) is 31.4 Å². The van der Waals surface area contributed by atoms with Gasteiger partial charge in [0.15, 0.2) is 0 Å². The van der Waals surface area contributed by atoms with Crippen LogP contribution in [0.1, 0.15) is 29.6 Å². The fourth-order valence-corrected chi connectivity index (χ4v) is 1.79. The Hall–Kier alpha value is -2.21. The Balaban J connectivity index is 1.85. The molecule has 0 aliphatic heterocycles. The molecule has 106 valence electrons. The van der Waals surface area contributed by atoms with Crippen molar-refractivity contribution in [2.45, 2.75) is 19.3 Å². The number of hydrogen-bond acceptors (Lipinski definition) is 4. The van der Waals surface area contributed by atoms with Crippen molar-refractivity contribution in [2.24, 2.45) is 0 Å². The third-order valence-corrected chi connectivity index (χ3v) is 2.90. The number of amides is 1. The van der Waals surface area contributed by atoms with Gasteiger partial charge in [0.1, 0.15) is 12.1 Å². The summed E-state index contributed by atoms with van der Waals surface area (Å²) in [5, 5.41) is 11.5. The quantitative estimate of drug-likeness (QED) is 0.742. The summed E-state index contributed by atoms with van der Waals surface area (Å²) >= 11 is 0. The van der Waals surface area contributed by atoms with Crippen LogP contribution in [0.3, 0.4) is 0 Å². The highest BCUT2D eigenvalue weighted by Gasteiger charge is 2.05. The van der Waals surface area contributed by atoms with Crippen molar-refractivity contribution in [3.63, 3.8) is 0 Å². The van der Waals surface area contributed by atoms with Crippen molar-refractivity contribution in [1.29, 1.82) is 0 Å². The summed E-state index contributed by atoms with van der Waals surface area (Å²) in [5.41, 5.74) is 0.538. The summed E-state index contributed by atoms with van der Waals surface area (Å²) in [5.74, 6) is 0.598. The number of rotatable bonds is 7. The van der Waals surface area contributed by atoms with E-state index in [1.54, 1.807) is 41.6 Å². The molecule has 0 radical (unpaired) electrons. The molecular weight excluding hydrogens is 256 g/mol. The van der Waals surface area contributed by atoms with Gasteiger partial charge in [-0.25, -0.2) is 9.97 Å². The van der Waals surface area contributed by atoms with E-state index in [1.807, 2.05) is 0 Å². The largest absolute Gasteiger partial charge is 0.396 e. The van der Waals surface area contributed by atoms with E-state index in [9.17, 15) is 4.79 Å². The second-order valence-corrected chi connectivity index (χ2v) is 4.42. The average molecular weight is 274 g/mol. The van der Waals surface area contributed by atoms with E-state index in [4.69, 9.17) is 5.11 Å². The first-order valence-corrected chi connectivity index (χ1v) is 6.64. The summed E-state index contributed by atoms with van der Waals surface area (Å²) in [7, 11) is 0. The third kappa shape index (κ3) is 3.89. The average Bonchev–Trinajstić information content (AvgIpc) is 3.01. The van der Waals surface area contributed by atoms with Crippen molar-refractivity contribution in [1.82, 2.24) is 19.9 Å². The van der Waals surface area contributed by atoms with E-state index in [0.29, 0.717) is 12.1 Å². The predicted molar refractivity (Wildman–Crippen MR) is 74.6 cm³/mol. The number of unbranched alkanes of at least 4 members (excludes halogenated alkanes) is 2. The number of pyridine rings is 1. The summed E-state index contributed by atoms with van der Waals surface area (Å²) in [6.07, 6.45) is 9.23. The van der Waals surface area contributed by atoms with Crippen LogP contribution >= 0.6 is 0 Å². The van der Waals surface area contributed by atoms with E-state index in [2.05, 4.69) is 15.3 Å². The van der Waals surface area contributed by atoms with Gasteiger partial charge in [0, 0.05) is 31.7 Å². The lowest BCUT2D eigenvalue weighted by Crippen LogP contribution is -2.24. The highest BCUT2D eigenvalue weighted by molar-refractivity contribution is 5.93. The van der Waals surface area contributed by atoms with Crippen LogP contribution in [0.2, 0.25) is 0 Å². The van der Waals surface area contributed by atoms with E-state index >= 15 is 0 Å². The molecule has 20 heavy (non-hydrogen) atoms. The van der Waals surface area contributed by atoms with Crippen LogP contribution in [0.25, 0.3) is 5.82 Å². The maximum atomic E-state index is 11.9. The lowest BCUT2D eigenvalue weighted by atomic mass is 10.2. The number of aliphatic hydroxyl groups excluding tert-OH is 1. The second-order valence-electron chi connectivity index (χ2n) is 4.42. The molecule has 0 atom stereocenters. The number of aliphatic hydroxyl groups is 1. The Morgan fingerprint density at radius 2 is 2.20 bits per heavy atom. The first-order chi connectivity index (χ1) is 9.81. The van der Waals surface area contributed by atoms with Crippen LogP contribution in [-0.4, -0.2) is 38.7 Å². The summed E-state index contributed by atoms with van der Waals surface area (Å²) < 4.78 is 1.77. The zero-order chi connectivity index (χ0) is 14.2. The maximum Gasteiger partial charge on any atom is 0.252 e. The Bertz CT molecular complexity index is 523. The zero-order valence-electron chi connectivity index (χ0n) is 11.2. The van der Waals surface area contributed by atoms with Crippen molar-refractivity contribution in [3.8, 4) is 5.82 Å². The van der Waals surface area contributed by atoms with Crippen molar-refractivity contribution in [2.75, 3.05) is 13.2 Å². The lowest BCUT2D eigenvalue weighted by molar-refractivity contribution is 0.0952. The molecule has 2 rings (SSSR count). The molecule has 0 fully saturated rings. The third-order valence-electron chi connectivity index (χ3n) is 2.90. The molecule has 2 aromatic heterocycles. The van der Waals surface area contributed by atoms with Gasteiger partial charge < -0.3 is 10.4 Å². The molecule has 0 saturated carbocycles. The van der Waals surface area contributed by atoms with Crippen LogP contribution in [0.5, 0.6) is 0 Å². The van der Waals surface area contributed by atoms with E-state index in [-0.39, 0.29) is 12.5 Å². The van der Waals surface area contributed by atoms with Gasteiger partial charge in [-0.15, -0.1) is 0 Å². The van der Waals surface area contributed by atoms with Crippen molar-refractivity contribution >= 4 is 5.91 Å². The molecule has 0 saturated heterocycles. The van der Waals surface area contributed by atoms with E-state index in [0.717, 1.165) is 25.1 Å². The minimum atomic E-state index is -0.126. The van der Waals surface area contributed by atoms with Crippen LogP contribution in [0.15, 0.2) is 37.1 Å². The summed E-state index contributed by atoms with van der Waals surface area (Å²) in [6.45, 7) is 0.815. The first-order valence-electron chi connectivity index (χ1n) is 6.64. The maximum absolute atomic E-state index is 11.9. The molecule has 1 amide bonds. The molecule has 0 aliphatic carbocycles. The first kappa shape index (κ1) is 14.2. The van der Waals surface area contributed by atoms with E-state index < -0.39 is 0 Å². The lowest BCUT2D eigenvalue weighted by Gasteiger charge is -2.06. The summed E-state index contributed by atoms with van der Waals surface area (Å²) in [4.78, 5) is 20.0. The number of nitrogens with one attached hydrogen (secondary N) is 1. The van der Waals surface area contributed by atoms with Gasteiger partial charge in [-0.2, -0.15) is 0 Å².